The maximum absolute atomic E-state index is 13.3. The highest BCUT2D eigenvalue weighted by Gasteiger charge is 2.27. The number of nitrogens with one attached hydrogen (secondary N) is 1. The first kappa shape index (κ1) is 26.2. The van der Waals surface area contributed by atoms with Crippen LogP contribution in [0.4, 0.5) is 0 Å². The maximum Gasteiger partial charge on any atom is 0.242 e. The molecule has 0 saturated heterocycles. The predicted octanol–water partition coefficient (Wildman–Crippen LogP) is 6.38. The Morgan fingerprint density at radius 3 is 2.09 bits per heavy atom. The summed E-state index contributed by atoms with van der Waals surface area (Å²) in [4.78, 5) is 27.7. The second kappa shape index (κ2) is 12.3. The van der Waals surface area contributed by atoms with Gasteiger partial charge in [-0.1, -0.05) is 74.3 Å². The van der Waals surface area contributed by atoms with E-state index in [-0.39, 0.29) is 24.4 Å². The zero-order valence-electron chi connectivity index (χ0n) is 19.6. The zero-order valence-corrected chi connectivity index (χ0v) is 21.1. The van der Waals surface area contributed by atoms with Crippen molar-refractivity contribution in [3.8, 4) is 0 Å². The molecule has 6 heteroatoms. The molecule has 0 fully saturated rings. The minimum absolute atomic E-state index is 0.0327. The number of carbonyl (C=O) groups excluding carboxylic acids is 2. The number of carbonyl (C=O) groups is 2. The van der Waals surface area contributed by atoms with E-state index >= 15 is 0 Å². The summed E-state index contributed by atoms with van der Waals surface area (Å²) in [6, 6.07) is 13.0. The molecule has 2 aromatic rings. The van der Waals surface area contributed by atoms with Crippen LogP contribution in [0.2, 0.25) is 10.0 Å². The third-order valence-corrected chi connectivity index (χ3v) is 6.54. The number of hydrogen-bond acceptors (Lipinski definition) is 2. The lowest BCUT2D eigenvalue weighted by molar-refractivity contribution is -0.140. The van der Waals surface area contributed by atoms with Gasteiger partial charge in [0.05, 0.1) is 0 Å². The van der Waals surface area contributed by atoms with Crippen molar-refractivity contribution in [1.29, 1.82) is 0 Å². The highest BCUT2D eigenvalue weighted by atomic mass is 35.5. The van der Waals surface area contributed by atoms with E-state index in [0.29, 0.717) is 34.4 Å². The summed E-state index contributed by atoms with van der Waals surface area (Å²) >= 11 is 12.7. The summed E-state index contributed by atoms with van der Waals surface area (Å²) in [5.41, 5.74) is 3.01. The van der Waals surface area contributed by atoms with Gasteiger partial charge in [0.25, 0.3) is 0 Å². The lowest BCUT2D eigenvalue weighted by Gasteiger charge is -2.30. The van der Waals surface area contributed by atoms with Crippen molar-refractivity contribution in [2.75, 3.05) is 0 Å². The van der Waals surface area contributed by atoms with Crippen LogP contribution in [-0.2, 0) is 22.6 Å². The molecule has 2 aromatic carbocycles. The Labute approximate surface area is 202 Å². The molecule has 4 nitrogen and oxygen atoms in total. The predicted molar refractivity (Wildman–Crippen MR) is 133 cm³/mol. The normalized spacial score (nSPS) is 13.0. The van der Waals surface area contributed by atoms with Crippen LogP contribution in [-0.4, -0.2) is 28.8 Å². The molecule has 0 heterocycles. The van der Waals surface area contributed by atoms with Crippen LogP contribution in [0.5, 0.6) is 0 Å². The first-order valence-corrected chi connectivity index (χ1v) is 12.0. The number of rotatable bonds is 10. The molecule has 0 aliphatic heterocycles. The van der Waals surface area contributed by atoms with Gasteiger partial charge >= 0.3 is 0 Å². The van der Waals surface area contributed by atoms with E-state index in [0.717, 1.165) is 12.0 Å². The number of nitrogens with zero attached hydrogens (tertiary/aromatic N) is 1. The Balaban J connectivity index is 2.20. The SMILES string of the molecule is CC[C@H](C)NC(=O)[C@H](C)N(Cc1c(Cl)cccc1Cl)C(=O)CCc1ccc(C(C)C)cc1. The van der Waals surface area contributed by atoms with E-state index in [1.54, 1.807) is 30.0 Å². The molecule has 0 spiro atoms. The molecule has 0 unspecified atom stereocenters. The monoisotopic (exact) mass is 476 g/mol. The fourth-order valence-electron chi connectivity index (χ4n) is 3.37. The average molecular weight is 477 g/mol. The quantitative estimate of drug-likeness (QED) is 0.432. The number of benzene rings is 2. The van der Waals surface area contributed by atoms with Crippen LogP contribution >= 0.6 is 23.2 Å². The Morgan fingerprint density at radius 1 is 0.969 bits per heavy atom. The lowest BCUT2D eigenvalue weighted by atomic mass is 10.00. The second-order valence-electron chi connectivity index (χ2n) is 8.61. The molecule has 2 atom stereocenters. The molecule has 2 amide bonds. The van der Waals surface area contributed by atoms with Gasteiger partial charge < -0.3 is 10.2 Å². The van der Waals surface area contributed by atoms with Crippen LogP contribution in [0.25, 0.3) is 0 Å². The largest absolute Gasteiger partial charge is 0.352 e. The van der Waals surface area contributed by atoms with Crippen molar-refractivity contribution in [3.63, 3.8) is 0 Å². The minimum Gasteiger partial charge on any atom is -0.352 e. The molecule has 0 saturated carbocycles. The Bertz CT molecular complexity index is 892. The molecular weight excluding hydrogens is 443 g/mol. The van der Waals surface area contributed by atoms with Gasteiger partial charge in [-0.15, -0.1) is 0 Å². The van der Waals surface area contributed by atoms with Crippen molar-refractivity contribution in [2.24, 2.45) is 0 Å². The summed E-state index contributed by atoms with van der Waals surface area (Å²) in [5, 5.41) is 3.93. The van der Waals surface area contributed by atoms with Gasteiger partial charge in [-0.05, 0) is 55.9 Å². The van der Waals surface area contributed by atoms with E-state index in [1.165, 1.54) is 5.56 Å². The first-order valence-electron chi connectivity index (χ1n) is 11.3. The number of halogens is 2. The third-order valence-electron chi connectivity index (χ3n) is 5.83. The van der Waals surface area contributed by atoms with Gasteiger partial charge in [-0.25, -0.2) is 0 Å². The van der Waals surface area contributed by atoms with Crippen LogP contribution in [0.1, 0.15) is 70.1 Å². The molecule has 0 bridgehead atoms. The maximum atomic E-state index is 13.3. The molecule has 0 aromatic heterocycles. The highest BCUT2D eigenvalue weighted by molar-refractivity contribution is 6.36. The average Bonchev–Trinajstić information content (AvgIpc) is 2.77. The molecular formula is C26H34Cl2N2O2. The van der Waals surface area contributed by atoms with E-state index in [2.05, 4.69) is 43.4 Å². The highest BCUT2D eigenvalue weighted by Crippen LogP contribution is 2.27. The van der Waals surface area contributed by atoms with Crippen molar-refractivity contribution in [3.05, 3.63) is 69.2 Å². The smallest absolute Gasteiger partial charge is 0.242 e. The molecule has 1 N–H and O–H groups in total. The van der Waals surface area contributed by atoms with E-state index in [9.17, 15) is 9.59 Å². The fourth-order valence-corrected chi connectivity index (χ4v) is 3.88. The van der Waals surface area contributed by atoms with Gasteiger partial charge in [0, 0.05) is 34.6 Å². The first-order chi connectivity index (χ1) is 15.1. The van der Waals surface area contributed by atoms with Gasteiger partial charge in [0.1, 0.15) is 6.04 Å². The van der Waals surface area contributed by atoms with Gasteiger partial charge in [0.15, 0.2) is 0 Å². The fraction of sp³-hybridized carbons (Fsp3) is 0.462. The second-order valence-corrected chi connectivity index (χ2v) is 9.43. The Kier molecular flexibility index (Phi) is 10.0. The van der Waals surface area contributed by atoms with Gasteiger partial charge in [0.2, 0.25) is 11.8 Å². The van der Waals surface area contributed by atoms with Crippen molar-refractivity contribution in [1.82, 2.24) is 10.2 Å². The van der Waals surface area contributed by atoms with Gasteiger partial charge in [-0.2, -0.15) is 0 Å². The van der Waals surface area contributed by atoms with Crippen molar-refractivity contribution < 1.29 is 9.59 Å². The molecule has 0 radical (unpaired) electrons. The van der Waals surface area contributed by atoms with E-state index < -0.39 is 6.04 Å². The number of aryl methyl sites for hydroxylation is 1. The zero-order chi connectivity index (χ0) is 23.8. The summed E-state index contributed by atoms with van der Waals surface area (Å²) in [6.07, 6.45) is 1.71. The van der Waals surface area contributed by atoms with Crippen LogP contribution in [0.3, 0.4) is 0 Å². The Hall–Kier alpha value is -2.04. The molecule has 0 aliphatic rings. The Morgan fingerprint density at radius 2 is 1.56 bits per heavy atom. The topological polar surface area (TPSA) is 49.4 Å². The third kappa shape index (κ3) is 7.25. The summed E-state index contributed by atoms with van der Waals surface area (Å²) in [6.45, 7) is 10.2. The van der Waals surface area contributed by atoms with E-state index in [4.69, 9.17) is 23.2 Å². The van der Waals surface area contributed by atoms with Crippen LogP contribution in [0, 0.1) is 0 Å². The summed E-state index contributed by atoms with van der Waals surface area (Å²) in [5.74, 6) is 0.171. The lowest BCUT2D eigenvalue weighted by Crippen LogP contribution is -2.49. The van der Waals surface area contributed by atoms with E-state index in [1.807, 2.05) is 13.8 Å². The standard InChI is InChI=1S/C26H34Cl2N2O2/c1-6-18(4)29-26(32)19(5)30(16-22-23(27)8-7-9-24(22)28)25(31)15-12-20-10-13-21(14-11-20)17(2)3/h7-11,13-14,17-19H,6,12,15-16H2,1-5H3,(H,29,32)/t18-,19-/m0/s1. The molecule has 174 valence electrons. The molecule has 0 aliphatic carbocycles. The summed E-state index contributed by atoms with van der Waals surface area (Å²) in [7, 11) is 0. The van der Waals surface area contributed by atoms with Crippen LogP contribution < -0.4 is 5.32 Å². The minimum atomic E-state index is -0.646. The molecule has 2 rings (SSSR count). The number of amides is 2. The van der Waals surface area contributed by atoms with Crippen LogP contribution in [0.15, 0.2) is 42.5 Å². The van der Waals surface area contributed by atoms with Crippen molar-refractivity contribution in [2.45, 2.75) is 78.4 Å². The molecule has 32 heavy (non-hydrogen) atoms. The summed E-state index contributed by atoms with van der Waals surface area (Å²) < 4.78 is 0. The van der Waals surface area contributed by atoms with Crippen molar-refractivity contribution >= 4 is 35.0 Å². The van der Waals surface area contributed by atoms with Gasteiger partial charge in [-0.3, -0.25) is 9.59 Å². The number of hydrogen-bond donors (Lipinski definition) is 1.